The van der Waals surface area contributed by atoms with Gasteiger partial charge in [-0.05, 0) is 29.8 Å². The van der Waals surface area contributed by atoms with Crippen LogP contribution < -0.4 is 4.90 Å². The van der Waals surface area contributed by atoms with Crippen LogP contribution in [0.25, 0.3) is 16.9 Å². The first kappa shape index (κ1) is 17.1. The minimum absolute atomic E-state index is 0.181. The Hall–Kier alpha value is -2.38. The minimum atomic E-state index is -0.404. The van der Waals surface area contributed by atoms with Crippen LogP contribution in [0.4, 0.5) is 10.1 Å². The number of hydrogen-bond donors (Lipinski definition) is 1. The third-order valence-corrected chi connectivity index (χ3v) is 5.44. The van der Waals surface area contributed by atoms with Crippen LogP contribution in [-0.4, -0.2) is 44.5 Å². The summed E-state index contributed by atoms with van der Waals surface area (Å²) < 4.78 is 14.6. The van der Waals surface area contributed by atoms with E-state index in [-0.39, 0.29) is 6.61 Å². The molecule has 5 nitrogen and oxygen atoms in total. The standard InChI is InChI=1S/C19H19FN4OS/c20-15-3-6-19(21-11-15)24-18(13-25)17(12-22-24)14-1-4-16(5-2-14)23-7-9-26-10-8-23/h1-6,11-12,25H,7-10,13H2. The summed E-state index contributed by atoms with van der Waals surface area (Å²) in [7, 11) is 0. The van der Waals surface area contributed by atoms with Gasteiger partial charge in [0.15, 0.2) is 5.82 Å². The summed E-state index contributed by atoms with van der Waals surface area (Å²) in [5, 5.41) is 14.2. The zero-order chi connectivity index (χ0) is 17.9. The Bertz CT molecular complexity index is 874. The van der Waals surface area contributed by atoms with Gasteiger partial charge in [-0.3, -0.25) is 0 Å². The maximum atomic E-state index is 13.1. The Balaban J connectivity index is 1.64. The highest BCUT2D eigenvalue weighted by Crippen LogP contribution is 2.28. The average molecular weight is 370 g/mol. The van der Waals surface area contributed by atoms with E-state index in [2.05, 4.69) is 39.2 Å². The Morgan fingerprint density at radius 2 is 1.81 bits per heavy atom. The van der Waals surface area contributed by atoms with E-state index in [1.165, 1.54) is 11.8 Å². The Morgan fingerprint density at radius 1 is 1.04 bits per heavy atom. The lowest BCUT2D eigenvalue weighted by molar-refractivity contribution is 0.273. The van der Waals surface area contributed by atoms with E-state index in [1.54, 1.807) is 16.9 Å². The topological polar surface area (TPSA) is 54.2 Å². The van der Waals surface area contributed by atoms with Crippen molar-refractivity contribution in [1.82, 2.24) is 14.8 Å². The molecule has 4 rings (SSSR count). The monoisotopic (exact) mass is 370 g/mol. The first-order valence-electron chi connectivity index (χ1n) is 8.49. The highest BCUT2D eigenvalue weighted by atomic mass is 32.2. The van der Waals surface area contributed by atoms with E-state index >= 15 is 0 Å². The summed E-state index contributed by atoms with van der Waals surface area (Å²) in [6.45, 7) is 1.96. The van der Waals surface area contributed by atoms with Gasteiger partial charge in [0.1, 0.15) is 5.82 Å². The summed E-state index contributed by atoms with van der Waals surface area (Å²) in [6.07, 6.45) is 2.85. The van der Waals surface area contributed by atoms with Crippen molar-refractivity contribution in [3.8, 4) is 16.9 Å². The molecular formula is C19H19FN4OS. The van der Waals surface area contributed by atoms with Crippen molar-refractivity contribution < 1.29 is 9.50 Å². The van der Waals surface area contributed by atoms with Crippen molar-refractivity contribution in [1.29, 1.82) is 0 Å². The Morgan fingerprint density at radius 3 is 2.46 bits per heavy atom. The lowest BCUT2D eigenvalue weighted by Crippen LogP contribution is -2.32. The lowest BCUT2D eigenvalue weighted by Gasteiger charge is -2.28. The van der Waals surface area contributed by atoms with Crippen LogP contribution >= 0.6 is 11.8 Å². The number of pyridine rings is 1. The van der Waals surface area contributed by atoms with Gasteiger partial charge in [-0.25, -0.2) is 14.1 Å². The third-order valence-electron chi connectivity index (χ3n) is 4.50. The molecule has 0 bridgehead atoms. The zero-order valence-corrected chi connectivity index (χ0v) is 15.0. The maximum absolute atomic E-state index is 13.1. The molecule has 0 spiro atoms. The second-order valence-corrected chi connectivity index (χ2v) is 7.28. The van der Waals surface area contributed by atoms with Crippen molar-refractivity contribution in [2.45, 2.75) is 6.61 Å². The number of rotatable bonds is 4. The van der Waals surface area contributed by atoms with Gasteiger partial charge in [-0.15, -0.1) is 0 Å². The van der Waals surface area contributed by atoms with Crippen LogP contribution in [0.3, 0.4) is 0 Å². The van der Waals surface area contributed by atoms with Gasteiger partial charge in [0.2, 0.25) is 0 Å². The molecule has 1 N–H and O–H groups in total. The highest BCUT2D eigenvalue weighted by Gasteiger charge is 2.15. The van der Waals surface area contributed by atoms with E-state index in [4.69, 9.17) is 0 Å². The number of benzene rings is 1. The van der Waals surface area contributed by atoms with Crippen LogP contribution in [0.2, 0.25) is 0 Å². The number of aliphatic hydroxyl groups is 1. The number of anilines is 1. The van der Waals surface area contributed by atoms with E-state index in [0.717, 1.165) is 41.9 Å². The second-order valence-electron chi connectivity index (χ2n) is 6.06. The average Bonchev–Trinajstić information content (AvgIpc) is 3.13. The summed E-state index contributed by atoms with van der Waals surface area (Å²) in [5.41, 5.74) is 3.68. The first-order valence-corrected chi connectivity index (χ1v) is 9.64. The highest BCUT2D eigenvalue weighted by molar-refractivity contribution is 7.99. The fourth-order valence-electron chi connectivity index (χ4n) is 3.13. The van der Waals surface area contributed by atoms with E-state index < -0.39 is 5.82 Å². The molecule has 0 saturated carbocycles. The Labute approximate surface area is 155 Å². The summed E-state index contributed by atoms with van der Waals surface area (Å²) >= 11 is 1.99. The van der Waals surface area contributed by atoms with Crippen molar-refractivity contribution in [2.24, 2.45) is 0 Å². The predicted octanol–water partition coefficient (Wildman–Crippen LogP) is 3.12. The molecule has 1 saturated heterocycles. The molecule has 0 aliphatic carbocycles. The van der Waals surface area contributed by atoms with Gasteiger partial charge in [-0.2, -0.15) is 16.9 Å². The smallest absolute Gasteiger partial charge is 0.153 e. The molecule has 3 aromatic rings. The SMILES string of the molecule is OCc1c(-c2ccc(N3CCSCC3)cc2)cnn1-c1ccc(F)cn1. The first-order chi connectivity index (χ1) is 12.8. The van der Waals surface area contributed by atoms with Crippen LogP contribution in [0, 0.1) is 5.82 Å². The fraction of sp³-hybridized carbons (Fsp3) is 0.263. The summed E-state index contributed by atoms with van der Waals surface area (Å²) in [6, 6.07) is 11.2. The number of nitrogens with zero attached hydrogens (tertiary/aromatic N) is 4. The maximum Gasteiger partial charge on any atom is 0.153 e. The molecule has 0 unspecified atom stereocenters. The molecule has 2 aromatic heterocycles. The Kier molecular flexibility index (Phi) is 4.90. The molecule has 1 aliphatic rings. The molecule has 0 amide bonds. The largest absolute Gasteiger partial charge is 0.390 e. The lowest BCUT2D eigenvalue weighted by atomic mass is 10.1. The molecule has 3 heterocycles. The number of hydrogen-bond acceptors (Lipinski definition) is 5. The van der Waals surface area contributed by atoms with Gasteiger partial charge in [0.05, 0.1) is 24.7 Å². The minimum Gasteiger partial charge on any atom is -0.390 e. The van der Waals surface area contributed by atoms with Gasteiger partial charge in [0.25, 0.3) is 0 Å². The predicted molar refractivity (Wildman–Crippen MR) is 102 cm³/mol. The van der Waals surface area contributed by atoms with Crippen molar-refractivity contribution in [3.63, 3.8) is 0 Å². The number of aromatic nitrogens is 3. The molecular weight excluding hydrogens is 351 g/mol. The van der Waals surface area contributed by atoms with Crippen LogP contribution in [-0.2, 0) is 6.61 Å². The fourth-order valence-corrected chi connectivity index (χ4v) is 4.03. The van der Waals surface area contributed by atoms with Crippen molar-refractivity contribution in [3.05, 3.63) is 60.3 Å². The van der Waals surface area contributed by atoms with Crippen LogP contribution in [0.1, 0.15) is 5.69 Å². The second kappa shape index (κ2) is 7.47. The number of halogens is 1. The van der Waals surface area contributed by atoms with E-state index in [0.29, 0.717) is 11.5 Å². The summed E-state index contributed by atoms with van der Waals surface area (Å²) in [5.74, 6) is 2.39. The quantitative estimate of drug-likeness (QED) is 0.765. The molecule has 134 valence electrons. The van der Waals surface area contributed by atoms with E-state index in [9.17, 15) is 9.50 Å². The van der Waals surface area contributed by atoms with Crippen molar-refractivity contribution >= 4 is 17.4 Å². The van der Waals surface area contributed by atoms with Crippen LogP contribution in [0.15, 0.2) is 48.8 Å². The van der Waals surface area contributed by atoms with Crippen LogP contribution in [0.5, 0.6) is 0 Å². The van der Waals surface area contributed by atoms with Gasteiger partial charge in [0, 0.05) is 35.8 Å². The molecule has 7 heteroatoms. The number of aliphatic hydroxyl groups excluding tert-OH is 1. The molecule has 26 heavy (non-hydrogen) atoms. The molecule has 1 aromatic carbocycles. The number of thioether (sulfide) groups is 1. The molecule has 1 fully saturated rings. The van der Waals surface area contributed by atoms with Gasteiger partial charge < -0.3 is 10.0 Å². The summed E-state index contributed by atoms with van der Waals surface area (Å²) in [4.78, 5) is 6.43. The normalized spacial score (nSPS) is 14.6. The molecule has 1 aliphatic heterocycles. The van der Waals surface area contributed by atoms with E-state index in [1.807, 2.05) is 11.8 Å². The van der Waals surface area contributed by atoms with Gasteiger partial charge >= 0.3 is 0 Å². The molecule has 0 atom stereocenters. The molecule has 0 radical (unpaired) electrons. The van der Waals surface area contributed by atoms with Crippen molar-refractivity contribution in [2.75, 3.05) is 29.5 Å². The third kappa shape index (κ3) is 3.32. The van der Waals surface area contributed by atoms with Gasteiger partial charge in [-0.1, -0.05) is 12.1 Å². The zero-order valence-electron chi connectivity index (χ0n) is 14.2.